The minimum absolute atomic E-state index is 0.204. The maximum atomic E-state index is 12.7. The largest absolute Gasteiger partial charge is 0.431 e. The molecule has 3 aromatic rings. The van der Waals surface area contributed by atoms with Crippen LogP contribution >= 0.6 is 15.9 Å². The van der Waals surface area contributed by atoms with Gasteiger partial charge in [-0.2, -0.15) is 13.2 Å². The van der Waals surface area contributed by atoms with Crippen LogP contribution in [-0.4, -0.2) is 9.55 Å². The van der Waals surface area contributed by atoms with Crippen LogP contribution in [0.15, 0.2) is 56.5 Å². The van der Waals surface area contributed by atoms with E-state index in [9.17, 15) is 22.8 Å². The van der Waals surface area contributed by atoms with Gasteiger partial charge in [-0.05, 0) is 17.5 Å². The molecule has 0 aliphatic rings. The fraction of sp³-hybridized carbons (Fsp3) is 0.0667. The number of rotatable bonds is 1. The number of aromatic nitrogens is 2. The molecule has 0 aliphatic heterocycles. The highest BCUT2D eigenvalue weighted by Gasteiger charge is 2.33. The second kappa shape index (κ2) is 5.38. The number of nitrogens with one attached hydrogen (secondary N) is 1. The highest BCUT2D eigenvalue weighted by molar-refractivity contribution is 9.10. The van der Waals surface area contributed by atoms with Gasteiger partial charge in [-0.3, -0.25) is 4.79 Å². The third-order valence-corrected chi connectivity index (χ3v) is 3.74. The van der Waals surface area contributed by atoms with Crippen molar-refractivity contribution < 1.29 is 13.2 Å². The first-order valence-electron chi connectivity index (χ1n) is 6.39. The van der Waals surface area contributed by atoms with E-state index >= 15 is 0 Å². The number of H-pyrrole nitrogens is 1. The highest BCUT2D eigenvalue weighted by Crippen LogP contribution is 2.27. The zero-order valence-corrected chi connectivity index (χ0v) is 12.9. The molecule has 23 heavy (non-hydrogen) atoms. The smallest absolute Gasteiger partial charge is 0.303 e. The molecule has 0 radical (unpaired) electrons. The van der Waals surface area contributed by atoms with Gasteiger partial charge in [0.05, 0.1) is 5.69 Å². The summed E-state index contributed by atoms with van der Waals surface area (Å²) < 4.78 is 39.3. The fourth-order valence-electron chi connectivity index (χ4n) is 2.32. The van der Waals surface area contributed by atoms with Crippen molar-refractivity contribution in [1.29, 1.82) is 0 Å². The summed E-state index contributed by atoms with van der Waals surface area (Å²) in [5.41, 5.74) is -3.37. The summed E-state index contributed by atoms with van der Waals surface area (Å²) >= 11 is 3.27. The lowest BCUT2D eigenvalue weighted by Gasteiger charge is -2.11. The maximum absolute atomic E-state index is 12.7. The van der Waals surface area contributed by atoms with E-state index in [-0.39, 0.29) is 5.69 Å². The third kappa shape index (κ3) is 2.81. The third-order valence-electron chi connectivity index (χ3n) is 3.28. The Morgan fingerprint density at radius 3 is 2.39 bits per heavy atom. The van der Waals surface area contributed by atoms with Crippen LogP contribution in [0.4, 0.5) is 13.2 Å². The number of nitrogens with zero attached hydrogens (tertiary/aromatic N) is 1. The van der Waals surface area contributed by atoms with Crippen molar-refractivity contribution in [3.63, 3.8) is 0 Å². The van der Waals surface area contributed by atoms with Crippen molar-refractivity contribution >= 4 is 26.7 Å². The van der Waals surface area contributed by atoms with Gasteiger partial charge in [0.1, 0.15) is 5.69 Å². The molecule has 0 amide bonds. The van der Waals surface area contributed by atoms with Crippen LogP contribution in [0.1, 0.15) is 5.69 Å². The molecule has 0 saturated carbocycles. The van der Waals surface area contributed by atoms with Crippen molar-refractivity contribution in [3.05, 3.63) is 73.5 Å². The molecule has 118 valence electrons. The molecule has 3 rings (SSSR count). The monoisotopic (exact) mass is 384 g/mol. The van der Waals surface area contributed by atoms with E-state index in [1.54, 1.807) is 35.3 Å². The first-order chi connectivity index (χ1) is 10.8. The Morgan fingerprint density at radius 1 is 1.04 bits per heavy atom. The predicted molar refractivity (Wildman–Crippen MR) is 82.9 cm³/mol. The number of aromatic amines is 1. The van der Waals surface area contributed by atoms with Gasteiger partial charge < -0.3 is 4.98 Å². The Kier molecular flexibility index (Phi) is 3.63. The van der Waals surface area contributed by atoms with Gasteiger partial charge in [0, 0.05) is 15.9 Å². The topological polar surface area (TPSA) is 54.9 Å². The molecule has 0 spiro atoms. The molecule has 1 aromatic heterocycles. The molecule has 0 bridgehead atoms. The van der Waals surface area contributed by atoms with E-state index in [1.807, 2.05) is 0 Å². The van der Waals surface area contributed by atoms with Gasteiger partial charge >= 0.3 is 11.9 Å². The number of fused-ring (bicyclic) bond motifs is 1. The summed E-state index contributed by atoms with van der Waals surface area (Å²) in [6.45, 7) is 0. The lowest BCUT2D eigenvalue weighted by molar-refractivity contribution is -0.141. The van der Waals surface area contributed by atoms with Gasteiger partial charge in [-0.15, -0.1) is 0 Å². The first kappa shape index (κ1) is 15.5. The summed E-state index contributed by atoms with van der Waals surface area (Å²) in [7, 11) is 0. The summed E-state index contributed by atoms with van der Waals surface area (Å²) in [6, 6.07) is 10.6. The van der Waals surface area contributed by atoms with Gasteiger partial charge in [-0.1, -0.05) is 40.2 Å². The first-order valence-corrected chi connectivity index (χ1v) is 7.19. The standard InChI is InChI=1S/C15H8BrF3N2O2/c16-9-5-8-3-1-2-4-10(8)11(6-9)21-13(22)7-12(15(17,18)19)20-14(21)23/h1-7H,(H,20,23). The average molecular weight is 385 g/mol. The Bertz CT molecular complexity index is 990. The fourth-order valence-corrected chi connectivity index (χ4v) is 2.78. The molecule has 0 aliphatic carbocycles. The van der Waals surface area contributed by atoms with Gasteiger partial charge in [-0.25, -0.2) is 9.36 Å². The average Bonchev–Trinajstić information content (AvgIpc) is 2.45. The summed E-state index contributed by atoms with van der Waals surface area (Å²) in [5.74, 6) is 0. The molecule has 2 aromatic carbocycles. The van der Waals surface area contributed by atoms with Crippen molar-refractivity contribution in [3.8, 4) is 5.69 Å². The molecule has 1 heterocycles. The van der Waals surface area contributed by atoms with E-state index in [1.165, 1.54) is 6.07 Å². The maximum Gasteiger partial charge on any atom is 0.431 e. The second-order valence-electron chi connectivity index (χ2n) is 4.81. The van der Waals surface area contributed by atoms with E-state index in [0.717, 1.165) is 5.39 Å². The van der Waals surface area contributed by atoms with Crippen molar-refractivity contribution in [1.82, 2.24) is 9.55 Å². The van der Waals surface area contributed by atoms with E-state index in [4.69, 9.17) is 0 Å². The van der Waals surface area contributed by atoms with Crippen LogP contribution in [0.3, 0.4) is 0 Å². The van der Waals surface area contributed by atoms with E-state index in [0.29, 0.717) is 20.5 Å². The Balaban J connectivity index is 2.37. The number of halogens is 4. The van der Waals surface area contributed by atoms with Crippen LogP contribution in [-0.2, 0) is 6.18 Å². The quantitative estimate of drug-likeness (QED) is 0.698. The molecule has 8 heteroatoms. The molecule has 0 fully saturated rings. The highest BCUT2D eigenvalue weighted by atomic mass is 79.9. The van der Waals surface area contributed by atoms with Crippen LogP contribution in [0.5, 0.6) is 0 Å². The van der Waals surface area contributed by atoms with Gasteiger partial charge in [0.15, 0.2) is 0 Å². The molecule has 0 unspecified atom stereocenters. The lowest BCUT2D eigenvalue weighted by atomic mass is 10.1. The number of hydrogen-bond acceptors (Lipinski definition) is 2. The molecule has 0 atom stereocenters. The Hall–Kier alpha value is -2.35. The van der Waals surface area contributed by atoms with E-state index < -0.39 is 23.1 Å². The number of benzene rings is 2. The second-order valence-corrected chi connectivity index (χ2v) is 5.72. The van der Waals surface area contributed by atoms with Crippen molar-refractivity contribution in [2.24, 2.45) is 0 Å². The van der Waals surface area contributed by atoms with Gasteiger partial charge in [0.25, 0.3) is 5.56 Å². The van der Waals surface area contributed by atoms with Crippen LogP contribution in [0.25, 0.3) is 16.5 Å². The minimum atomic E-state index is -4.79. The zero-order valence-electron chi connectivity index (χ0n) is 11.3. The minimum Gasteiger partial charge on any atom is -0.303 e. The molecular formula is C15H8BrF3N2O2. The Labute approximate surface area is 135 Å². The summed E-state index contributed by atoms with van der Waals surface area (Å²) in [6.07, 6.45) is -4.79. The summed E-state index contributed by atoms with van der Waals surface area (Å²) in [4.78, 5) is 25.9. The summed E-state index contributed by atoms with van der Waals surface area (Å²) in [5, 5.41) is 1.31. The number of hydrogen-bond donors (Lipinski definition) is 1. The number of alkyl halides is 3. The predicted octanol–water partition coefficient (Wildman–Crippen LogP) is 3.46. The zero-order chi connectivity index (χ0) is 16.8. The Morgan fingerprint density at radius 2 is 1.74 bits per heavy atom. The van der Waals surface area contributed by atoms with Crippen LogP contribution in [0.2, 0.25) is 0 Å². The molecular weight excluding hydrogens is 377 g/mol. The molecule has 0 saturated heterocycles. The molecule has 1 N–H and O–H groups in total. The molecule has 4 nitrogen and oxygen atoms in total. The lowest BCUT2D eigenvalue weighted by Crippen LogP contribution is -2.35. The SMILES string of the molecule is O=c1cc(C(F)(F)F)[nH]c(=O)n1-c1cc(Br)cc2ccccc12. The van der Waals surface area contributed by atoms with Crippen LogP contribution < -0.4 is 11.2 Å². The normalized spacial score (nSPS) is 11.8. The van der Waals surface area contributed by atoms with Gasteiger partial charge in [0.2, 0.25) is 0 Å². The van der Waals surface area contributed by atoms with E-state index in [2.05, 4.69) is 15.9 Å². The van der Waals surface area contributed by atoms with Crippen LogP contribution in [0, 0.1) is 0 Å². The van der Waals surface area contributed by atoms with Crippen molar-refractivity contribution in [2.45, 2.75) is 6.18 Å². The van der Waals surface area contributed by atoms with Crippen molar-refractivity contribution in [2.75, 3.05) is 0 Å².